The van der Waals surface area contributed by atoms with Gasteiger partial charge in [-0.05, 0) is 117 Å². The van der Waals surface area contributed by atoms with Crippen LogP contribution in [0.15, 0.2) is 119 Å². The topological polar surface area (TPSA) is 345 Å². The Morgan fingerprint density at radius 3 is 1.34 bits per heavy atom. The van der Waals surface area contributed by atoms with Crippen LogP contribution in [0.3, 0.4) is 0 Å². The highest BCUT2D eigenvalue weighted by atomic mass is 16.6. The molecule has 4 saturated heterocycles. The van der Waals surface area contributed by atoms with Crippen molar-refractivity contribution in [3.8, 4) is 0 Å². The van der Waals surface area contributed by atoms with Crippen LogP contribution in [0.2, 0.25) is 0 Å². The summed E-state index contributed by atoms with van der Waals surface area (Å²) >= 11 is 0. The van der Waals surface area contributed by atoms with E-state index in [0.29, 0.717) is 23.0 Å². The van der Waals surface area contributed by atoms with Crippen molar-refractivity contribution in [2.24, 2.45) is 69.5 Å². The third kappa shape index (κ3) is 10.1. The summed E-state index contributed by atoms with van der Waals surface area (Å²) in [6.07, 6.45) is 6.14. The highest BCUT2D eigenvalue weighted by Crippen LogP contribution is 2.58. The monoisotopic (exact) mass is 1180 g/mol. The number of ether oxygens (including phenoxy) is 4. The summed E-state index contributed by atoms with van der Waals surface area (Å²) in [5, 5.41) is 126. The Morgan fingerprint density at radius 1 is 0.482 bits per heavy atom. The number of hydrogen-bond donors (Lipinski definition) is 11. The first-order valence-electron chi connectivity index (χ1n) is 29.4. The summed E-state index contributed by atoms with van der Waals surface area (Å²) in [5.74, 6) is -12.4. The van der Waals surface area contributed by atoms with Crippen LogP contribution in [0.5, 0.6) is 0 Å². The molecule has 4 heterocycles. The summed E-state index contributed by atoms with van der Waals surface area (Å²) < 4.78 is 25.1. The minimum atomic E-state index is -1.98. The molecule has 9 aliphatic rings. The van der Waals surface area contributed by atoms with Crippen LogP contribution in [-0.2, 0) is 42.9 Å². The molecule has 20 heteroatoms. The zero-order valence-corrected chi connectivity index (χ0v) is 49.5. The standard InChI is InChI=1S/C65H84O20/c1-32-12-10-14-42-20-38(28-66)34(3)21-62(42)51(74)45(55(78)82-62)43(70)15-18-60(8)26-40(30-68)37(6)24-65(60)54(77)48(58(81)85-65)50(73)33(2)13-11-17-59(7)25-39(29-67)35(4)22-63(59)52(75)46(56(79)83-63)44(71)16-19-61(9)27-41(31-69)36(5)23-64(61)53(76)47(49(32)72)57(80)84-64/h10-20,25-27,30,34-37,42-50,55-58,66-67,69-73,78-81H,21-24,28-29,31H2,1-9H3/b14-10+,17-11+,18-15+,19-16+,32-12-,33-13-. The number of Topliss-reactive ketones (excluding diaryl/α,β-unsaturated/α-hetero) is 4. The predicted octanol–water partition coefficient (Wildman–Crippen LogP) is 2.33. The van der Waals surface area contributed by atoms with Gasteiger partial charge in [-0.1, -0.05) is 113 Å². The van der Waals surface area contributed by atoms with E-state index in [1.807, 2.05) is 0 Å². The van der Waals surface area contributed by atoms with Crippen molar-refractivity contribution in [2.45, 2.75) is 160 Å². The lowest BCUT2D eigenvalue weighted by atomic mass is 9.59. The summed E-state index contributed by atoms with van der Waals surface area (Å²) in [4.78, 5) is 72.9. The predicted molar refractivity (Wildman–Crippen MR) is 304 cm³/mol. The molecular formula is C65H84O20. The Balaban J connectivity index is 1.17. The van der Waals surface area contributed by atoms with Gasteiger partial charge in [-0.15, -0.1) is 0 Å². The molecule has 5 aliphatic carbocycles. The van der Waals surface area contributed by atoms with Crippen molar-refractivity contribution in [1.29, 1.82) is 0 Å². The molecule has 0 aromatic rings. The van der Waals surface area contributed by atoms with Gasteiger partial charge in [-0.25, -0.2) is 0 Å². The normalized spacial score (nSPS) is 50.6. The Kier molecular flexibility index (Phi) is 17.7. The van der Waals surface area contributed by atoms with Gasteiger partial charge in [-0.3, -0.25) is 24.0 Å². The van der Waals surface area contributed by atoms with E-state index < -0.39 is 178 Å². The number of carbonyl (C=O) groups excluding carboxylic acids is 5. The number of carbonyl (C=O) groups is 5. The highest BCUT2D eigenvalue weighted by Gasteiger charge is 2.69. The first kappa shape index (κ1) is 64.6. The van der Waals surface area contributed by atoms with Crippen LogP contribution in [0.25, 0.3) is 0 Å². The van der Waals surface area contributed by atoms with E-state index in [-0.39, 0.29) is 49.0 Å². The summed E-state index contributed by atoms with van der Waals surface area (Å²) in [7, 11) is 0. The van der Waals surface area contributed by atoms with Gasteiger partial charge < -0.3 is 75.1 Å². The number of allylic oxidation sites excluding steroid dienone is 5. The minimum absolute atomic E-state index is 0.0516. The minimum Gasteiger partial charge on any atom is -0.392 e. The number of ketones is 4. The van der Waals surface area contributed by atoms with Gasteiger partial charge in [-0.2, -0.15) is 0 Å². The Labute approximate surface area is 494 Å². The molecule has 24 atom stereocenters. The molecule has 0 amide bonds. The lowest BCUT2D eigenvalue weighted by Crippen LogP contribution is -2.55. The van der Waals surface area contributed by atoms with Crippen molar-refractivity contribution in [2.75, 3.05) is 19.8 Å². The van der Waals surface area contributed by atoms with Gasteiger partial charge in [0, 0.05) is 22.2 Å². The molecule has 464 valence electrons. The maximum absolute atomic E-state index is 15.2. The fraction of sp³-hybridized carbons (Fsp3) is 0.615. The van der Waals surface area contributed by atoms with E-state index in [0.717, 1.165) is 0 Å². The van der Waals surface area contributed by atoms with Crippen molar-refractivity contribution >= 4 is 29.4 Å². The molecular weight excluding hydrogens is 1100 g/mol. The molecule has 0 aromatic heterocycles. The quantitative estimate of drug-likeness (QED) is 0.142. The van der Waals surface area contributed by atoms with Crippen LogP contribution < -0.4 is 0 Å². The van der Waals surface area contributed by atoms with E-state index in [4.69, 9.17) is 18.9 Å². The fourth-order valence-electron chi connectivity index (χ4n) is 15.6. The van der Waals surface area contributed by atoms with E-state index in [9.17, 15) is 65.8 Å². The lowest BCUT2D eigenvalue weighted by molar-refractivity contribution is -0.186. The summed E-state index contributed by atoms with van der Waals surface area (Å²) in [6.45, 7) is 13.5. The average Bonchev–Trinajstić information content (AvgIpc) is 1.67. The summed E-state index contributed by atoms with van der Waals surface area (Å²) in [5.41, 5.74) is -10.2. The van der Waals surface area contributed by atoms with Crippen LogP contribution in [-0.4, -0.2) is 177 Å². The third-order valence-corrected chi connectivity index (χ3v) is 21.0. The Bertz CT molecular complexity index is 3040. The number of aliphatic hydroxyl groups is 11. The van der Waals surface area contributed by atoms with Crippen molar-refractivity contribution in [3.63, 3.8) is 0 Å². The van der Waals surface area contributed by atoms with Crippen LogP contribution in [0, 0.1) is 69.5 Å². The molecule has 9 rings (SSSR count). The number of rotatable bonds is 4. The molecule has 4 aliphatic heterocycles. The average molecular weight is 1190 g/mol. The molecule has 24 unspecified atom stereocenters. The van der Waals surface area contributed by atoms with E-state index in [2.05, 4.69) is 0 Å². The SMILES string of the molecule is C/C1=C/C=C/C2(C)C=C(CO)C(C)CC23OC(O)C(C3=O)C(O)/C=C/C2(C)C=C(CO)C(C)CC23OC(O)C(C3=O)C(O)/C(C)=C\C=C\C2C=C(CO)C(C)CC23OC(O)C(C3=O)C(O)/C=C/C2(C)C=C(C=O)C(C)CC23OC(O)C(C3=O)C1O. The molecule has 85 heavy (non-hydrogen) atoms. The van der Waals surface area contributed by atoms with Gasteiger partial charge >= 0.3 is 0 Å². The van der Waals surface area contributed by atoms with Gasteiger partial charge in [0.25, 0.3) is 0 Å². The third-order valence-electron chi connectivity index (χ3n) is 21.0. The molecule has 0 aromatic carbocycles. The zero-order valence-electron chi connectivity index (χ0n) is 49.5. The molecule has 4 fully saturated rings. The van der Waals surface area contributed by atoms with Gasteiger partial charge in [0.2, 0.25) is 0 Å². The van der Waals surface area contributed by atoms with Crippen molar-refractivity contribution < 1.29 is 99.1 Å². The number of fused-ring (bicyclic) bond motifs is 4. The first-order valence-corrected chi connectivity index (χ1v) is 29.4. The van der Waals surface area contributed by atoms with E-state index in [1.54, 1.807) is 71.9 Å². The van der Waals surface area contributed by atoms with Crippen molar-refractivity contribution in [3.05, 3.63) is 119 Å². The molecule has 0 saturated carbocycles. The maximum atomic E-state index is 15.2. The second-order valence-corrected chi connectivity index (χ2v) is 26.3. The molecule has 11 N–H and O–H groups in total. The van der Waals surface area contributed by atoms with E-state index in [1.165, 1.54) is 75.5 Å². The molecule has 0 radical (unpaired) electrons. The number of aliphatic hydroxyl groups excluding tert-OH is 11. The van der Waals surface area contributed by atoms with Gasteiger partial charge in [0.05, 0.1) is 44.2 Å². The summed E-state index contributed by atoms with van der Waals surface area (Å²) in [6, 6.07) is 0. The van der Waals surface area contributed by atoms with Crippen LogP contribution in [0.4, 0.5) is 0 Å². The number of hydrogen-bond acceptors (Lipinski definition) is 20. The second kappa shape index (κ2) is 23.3. The van der Waals surface area contributed by atoms with Crippen LogP contribution in [0.1, 0.15) is 88.0 Å². The van der Waals surface area contributed by atoms with Gasteiger partial charge in [0.15, 0.2) is 48.3 Å². The van der Waals surface area contributed by atoms with Crippen LogP contribution >= 0.6 is 0 Å². The largest absolute Gasteiger partial charge is 0.392 e. The fourth-order valence-corrected chi connectivity index (χ4v) is 15.6. The Hall–Kier alpha value is -4.85. The smallest absolute Gasteiger partial charge is 0.177 e. The molecule has 20 nitrogen and oxygen atoms in total. The molecule has 8 bridgehead atoms. The van der Waals surface area contributed by atoms with Gasteiger partial charge in [0.1, 0.15) is 52.4 Å². The Morgan fingerprint density at radius 2 is 0.871 bits per heavy atom. The molecule has 4 spiro atoms. The lowest BCUT2D eigenvalue weighted by Gasteiger charge is -2.47. The first-order chi connectivity index (χ1) is 39.8. The van der Waals surface area contributed by atoms with E-state index >= 15 is 14.4 Å². The second-order valence-electron chi connectivity index (χ2n) is 26.3. The highest BCUT2D eigenvalue weighted by molar-refractivity contribution is 5.97. The number of aldehydes is 1. The maximum Gasteiger partial charge on any atom is 0.177 e. The zero-order chi connectivity index (χ0) is 62.5. The van der Waals surface area contributed by atoms with Crippen molar-refractivity contribution in [1.82, 2.24) is 0 Å².